The Morgan fingerprint density at radius 3 is 2.32 bits per heavy atom. The molecular weight excluding hydrogens is 406 g/mol. The van der Waals surface area contributed by atoms with E-state index < -0.39 is 0 Å². The Morgan fingerprint density at radius 1 is 0.935 bits per heavy atom. The molecule has 0 unspecified atom stereocenters. The van der Waals surface area contributed by atoms with Gasteiger partial charge in [0.15, 0.2) is 11.0 Å². The normalized spacial score (nSPS) is 11.8. The number of benzene rings is 2. The Kier molecular flexibility index (Phi) is 6.43. The molecule has 2 aromatic heterocycles. The molecule has 0 fully saturated rings. The number of carbonyl (C=O) groups is 1. The highest BCUT2D eigenvalue weighted by Crippen LogP contribution is 2.27. The van der Waals surface area contributed by atoms with Crippen LogP contribution < -0.4 is 5.49 Å². The molecule has 0 aliphatic heterocycles. The highest BCUT2D eigenvalue weighted by Gasteiger charge is 2.17. The van der Waals surface area contributed by atoms with Gasteiger partial charge in [-0.2, -0.15) is 0 Å². The predicted molar refractivity (Wildman–Crippen MR) is 123 cm³/mol. The topological polar surface area (TPSA) is 65.1 Å². The van der Waals surface area contributed by atoms with Crippen LogP contribution >= 0.6 is 11.8 Å². The van der Waals surface area contributed by atoms with Crippen LogP contribution in [0.3, 0.4) is 0 Å². The van der Waals surface area contributed by atoms with Gasteiger partial charge in [0, 0.05) is 23.5 Å². The minimum atomic E-state index is -0.0612. The van der Waals surface area contributed by atoms with E-state index >= 15 is 0 Å². The van der Waals surface area contributed by atoms with Crippen molar-refractivity contribution in [2.75, 3.05) is 5.75 Å². The maximum Gasteiger partial charge on any atom is 0.242 e. The van der Waals surface area contributed by atoms with Crippen LogP contribution in [-0.2, 0) is 0 Å². The number of para-hydroxylation sites is 1. The first kappa shape index (κ1) is 20.8. The Balaban J connectivity index is 1.66. The third-order valence-corrected chi connectivity index (χ3v) is 5.42. The smallest absolute Gasteiger partial charge is 0.242 e. The van der Waals surface area contributed by atoms with Crippen LogP contribution in [0.2, 0.25) is 0 Å². The lowest BCUT2D eigenvalue weighted by atomic mass is 10.2. The van der Waals surface area contributed by atoms with Crippen LogP contribution in [0.1, 0.15) is 18.6 Å². The third kappa shape index (κ3) is 4.83. The summed E-state index contributed by atoms with van der Waals surface area (Å²) >= 11 is 1.37. The van der Waals surface area contributed by atoms with Crippen molar-refractivity contribution in [2.45, 2.75) is 25.0 Å². The Morgan fingerprint density at radius 2 is 1.61 bits per heavy atom. The number of rotatable bonds is 6. The lowest BCUT2D eigenvalue weighted by Gasteiger charge is -2.11. The van der Waals surface area contributed by atoms with Crippen LogP contribution in [0.25, 0.3) is 17.1 Å². The lowest BCUT2D eigenvalue weighted by molar-refractivity contribution is 0.0936. The molecule has 0 radical (unpaired) electrons. The summed E-state index contributed by atoms with van der Waals surface area (Å²) in [5.74, 6) is 0.896. The fourth-order valence-corrected chi connectivity index (χ4v) is 3.97. The number of aromatic nitrogens is 4. The Hall–Kier alpha value is -3.45. The predicted octanol–water partition coefficient (Wildman–Crippen LogP) is 4.48. The van der Waals surface area contributed by atoms with Gasteiger partial charge in [-0.1, -0.05) is 66.4 Å². The van der Waals surface area contributed by atoms with Crippen molar-refractivity contribution in [3.8, 4) is 17.1 Å². The van der Waals surface area contributed by atoms with Gasteiger partial charge in [0.25, 0.3) is 0 Å². The van der Waals surface area contributed by atoms with Gasteiger partial charge in [0.05, 0.1) is 5.75 Å². The van der Waals surface area contributed by atoms with Crippen LogP contribution in [0.15, 0.2) is 95.2 Å². The summed E-state index contributed by atoms with van der Waals surface area (Å²) < 4.78 is 3.58. The fraction of sp³-hybridized carbons (Fsp3) is 0.167. The molecule has 0 aliphatic rings. The van der Waals surface area contributed by atoms with Gasteiger partial charge >= 0.3 is 0 Å². The maximum atomic E-state index is 13.0. The number of hydrogen-bond donors (Lipinski definition) is 0. The molecule has 0 bridgehead atoms. The molecule has 0 aliphatic carbocycles. The Bertz CT molecular complexity index is 1230. The first-order chi connectivity index (χ1) is 15.1. The average Bonchev–Trinajstić information content (AvgIpc) is 3.22. The molecule has 4 aromatic rings. The quantitative estimate of drug-likeness (QED) is 0.424. The average molecular weight is 430 g/mol. The summed E-state index contributed by atoms with van der Waals surface area (Å²) in [4.78, 5) is 17.5. The minimum absolute atomic E-state index is 0.0612. The maximum absolute atomic E-state index is 13.0. The molecule has 0 amide bonds. The van der Waals surface area contributed by atoms with Gasteiger partial charge in [-0.25, -0.2) is 0 Å². The minimum Gasteiger partial charge on any atom is -0.273 e. The summed E-state index contributed by atoms with van der Waals surface area (Å²) in [6, 6.07) is 25.5. The second-order valence-electron chi connectivity index (χ2n) is 7.18. The molecule has 6 nitrogen and oxygen atoms in total. The van der Waals surface area contributed by atoms with Crippen LogP contribution in [0.5, 0.6) is 0 Å². The van der Waals surface area contributed by atoms with Gasteiger partial charge < -0.3 is 0 Å². The van der Waals surface area contributed by atoms with Gasteiger partial charge in [-0.15, -0.1) is 10.2 Å². The van der Waals surface area contributed by atoms with E-state index in [4.69, 9.17) is 0 Å². The van der Waals surface area contributed by atoms with E-state index in [-0.39, 0.29) is 17.7 Å². The van der Waals surface area contributed by atoms with E-state index in [0.29, 0.717) is 10.6 Å². The molecule has 0 saturated carbocycles. The van der Waals surface area contributed by atoms with Gasteiger partial charge in [0.2, 0.25) is 5.91 Å². The van der Waals surface area contributed by atoms with E-state index in [1.165, 1.54) is 11.8 Å². The largest absolute Gasteiger partial charge is 0.273 e. The van der Waals surface area contributed by atoms with Crippen molar-refractivity contribution in [3.05, 3.63) is 90.5 Å². The highest BCUT2D eigenvalue weighted by atomic mass is 32.2. The molecule has 7 heteroatoms. The molecule has 2 heterocycles. The molecule has 2 aromatic carbocycles. The number of nitrogens with zero attached hydrogens (tertiary/aromatic N) is 5. The monoisotopic (exact) mass is 429 g/mol. The van der Waals surface area contributed by atoms with Crippen molar-refractivity contribution in [1.82, 2.24) is 19.3 Å². The zero-order chi connectivity index (χ0) is 21.6. The molecule has 31 heavy (non-hydrogen) atoms. The zero-order valence-electron chi connectivity index (χ0n) is 17.4. The Labute approximate surface area is 185 Å². The SMILES string of the molecule is CC(C)N=c1ccccn1C(=O)CSc1nnc(-c2ccccc2)n1-c1ccccc1. The van der Waals surface area contributed by atoms with Crippen molar-refractivity contribution < 1.29 is 4.79 Å². The van der Waals surface area contributed by atoms with Gasteiger partial charge in [-0.3, -0.25) is 18.9 Å². The molecular formula is C24H23N5OS. The third-order valence-electron chi connectivity index (χ3n) is 4.50. The van der Waals surface area contributed by atoms with Crippen molar-refractivity contribution >= 4 is 17.7 Å². The number of carbonyl (C=O) groups excluding carboxylic acids is 1. The molecule has 0 atom stereocenters. The van der Waals surface area contributed by atoms with Crippen molar-refractivity contribution in [2.24, 2.45) is 4.99 Å². The standard InChI is InChI=1S/C24H23N5OS/c1-18(2)25-21-15-9-10-16-28(21)22(30)17-31-24-27-26-23(19-11-5-3-6-12-19)29(24)20-13-7-4-8-14-20/h3-16,18H,17H2,1-2H3. The fourth-order valence-electron chi connectivity index (χ4n) is 3.16. The van der Waals surface area contributed by atoms with E-state index in [0.717, 1.165) is 17.1 Å². The van der Waals surface area contributed by atoms with E-state index in [9.17, 15) is 4.79 Å². The van der Waals surface area contributed by atoms with Gasteiger partial charge in [-0.05, 0) is 38.1 Å². The van der Waals surface area contributed by atoms with Crippen LogP contribution in [0.4, 0.5) is 0 Å². The second-order valence-corrected chi connectivity index (χ2v) is 8.12. The molecule has 156 valence electrons. The summed E-state index contributed by atoms with van der Waals surface area (Å²) in [5.41, 5.74) is 2.56. The first-order valence-corrected chi connectivity index (χ1v) is 11.1. The summed E-state index contributed by atoms with van der Waals surface area (Å²) in [5, 5.41) is 9.49. The van der Waals surface area contributed by atoms with Crippen LogP contribution in [0, 0.1) is 0 Å². The number of hydrogen-bond acceptors (Lipinski definition) is 5. The lowest BCUT2D eigenvalue weighted by Crippen LogP contribution is -2.28. The van der Waals surface area contributed by atoms with Crippen molar-refractivity contribution in [3.63, 3.8) is 0 Å². The molecule has 4 rings (SSSR count). The molecule has 0 spiro atoms. The second kappa shape index (κ2) is 9.57. The molecule has 0 N–H and O–H groups in total. The van der Waals surface area contributed by atoms with Gasteiger partial charge in [0.1, 0.15) is 5.49 Å². The molecule has 0 saturated heterocycles. The van der Waals surface area contributed by atoms with E-state index in [2.05, 4.69) is 15.2 Å². The van der Waals surface area contributed by atoms with E-state index in [1.807, 2.05) is 97.3 Å². The van der Waals surface area contributed by atoms with Crippen molar-refractivity contribution in [1.29, 1.82) is 0 Å². The highest BCUT2D eigenvalue weighted by molar-refractivity contribution is 7.99. The number of pyridine rings is 1. The van der Waals surface area contributed by atoms with E-state index in [1.54, 1.807) is 10.8 Å². The first-order valence-electron chi connectivity index (χ1n) is 10.1. The summed E-state index contributed by atoms with van der Waals surface area (Å²) in [6.07, 6.45) is 1.75. The number of thioether (sulfide) groups is 1. The zero-order valence-corrected chi connectivity index (χ0v) is 18.2. The summed E-state index contributed by atoms with van der Waals surface area (Å²) in [7, 11) is 0. The summed E-state index contributed by atoms with van der Waals surface area (Å²) in [6.45, 7) is 3.98. The van der Waals surface area contributed by atoms with Crippen LogP contribution in [-0.4, -0.2) is 37.0 Å².